The minimum atomic E-state index is -3.75. The van der Waals surface area contributed by atoms with E-state index >= 15 is 0 Å². The van der Waals surface area contributed by atoms with Crippen LogP contribution in [0.25, 0.3) is 0 Å². The fourth-order valence-electron chi connectivity index (χ4n) is 2.78. The Labute approximate surface area is 188 Å². The van der Waals surface area contributed by atoms with Crippen LogP contribution in [0, 0.1) is 0 Å². The zero-order chi connectivity index (χ0) is 22.0. The van der Waals surface area contributed by atoms with Crippen molar-refractivity contribution in [1.29, 1.82) is 0 Å². The molecule has 4 rings (SSSR count). The van der Waals surface area contributed by atoms with Gasteiger partial charge in [-0.2, -0.15) is 0 Å². The van der Waals surface area contributed by atoms with Gasteiger partial charge in [-0.25, -0.2) is 8.42 Å². The summed E-state index contributed by atoms with van der Waals surface area (Å²) in [6.07, 6.45) is 1.99. The van der Waals surface area contributed by atoms with Crippen LogP contribution in [0.15, 0.2) is 64.9 Å². The Morgan fingerprint density at radius 1 is 0.903 bits per heavy atom. The summed E-state index contributed by atoms with van der Waals surface area (Å²) < 4.78 is 27.7. The highest BCUT2D eigenvalue weighted by Crippen LogP contribution is 2.27. The third kappa shape index (κ3) is 5.43. The molecule has 31 heavy (non-hydrogen) atoms. The summed E-state index contributed by atoms with van der Waals surface area (Å²) in [5, 5.41) is 5.65. The molecule has 0 aliphatic heterocycles. The first kappa shape index (κ1) is 21.4. The Bertz CT molecular complexity index is 1240. The van der Waals surface area contributed by atoms with Crippen LogP contribution in [-0.4, -0.2) is 26.3 Å². The molecule has 0 unspecified atom stereocenters. The number of carbonyl (C=O) groups excluding carboxylic acids is 2. The normalized spacial score (nSPS) is 13.5. The molecule has 0 atom stereocenters. The Balaban J connectivity index is 1.41. The van der Waals surface area contributed by atoms with Gasteiger partial charge in [-0.05, 0) is 67.4 Å². The van der Waals surface area contributed by atoms with E-state index < -0.39 is 10.0 Å². The molecule has 2 aromatic carbocycles. The van der Waals surface area contributed by atoms with Crippen LogP contribution in [0.1, 0.15) is 33.6 Å². The van der Waals surface area contributed by atoms with Crippen molar-refractivity contribution >= 4 is 56.2 Å². The average Bonchev–Trinajstić information content (AvgIpc) is 3.44. The minimum Gasteiger partial charge on any atom is -0.349 e. The lowest BCUT2D eigenvalue weighted by Crippen LogP contribution is -2.25. The first-order chi connectivity index (χ1) is 14.8. The standard InChI is InChI=1S/C21H18ClN3O4S2/c22-18-10-11-19(30-18)31(28,29)25-16-6-4-13(5-7-16)20(26)24-17-3-1-2-14(12-17)21(27)23-15-8-9-15/h1-7,10-12,15,25H,8-9H2,(H,23,27)(H,24,26). The van der Waals surface area contributed by atoms with E-state index in [0.29, 0.717) is 26.8 Å². The first-order valence-corrected chi connectivity index (χ1v) is 12.1. The quantitative estimate of drug-likeness (QED) is 0.472. The third-order valence-electron chi connectivity index (χ3n) is 4.51. The van der Waals surface area contributed by atoms with Crippen molar-refractivity contribution in [2.24, 2.45) is 0 Å². The van der Waals surface area contributed by atoms with Crippen LogP contribution in [0.5, 0.6) is 0 Å². The van der Waals surface area contributed by atoms with Gasteiger partial charge in [0.05, 0.1) is 4.34 Å². The zero-order valence-electron chi connectivity index (χ0n) is 16.1. The summed E-state index contributed by atoms with van der Waals surface area (Å²) in [6, 6.07) is 15.9. The lowest BCUT2D eigenvalue weighted by molar-refractivity contribution is 0.0949. The smallest absolute Gasteiger partial charge is 0.271 e. The van der Waals surface area contributed by atoms with Crippen LogP contribution in [0.4, 0.5) is 11.4 Å². The Morgan fingerprint density at radius 2 is 1.65 bits per heavy atom. The number of rotatable bonds is 7. The second-order valence-corrected chi connectivity index (χ2v) is 10.6. The van der Waals surface area contributed by atoms with E-state index in [0.717, 1.165) is 24.2 Å². The molecule has 160 valence electrons. The van der Waals surface area contributed by atoms with Crippen molar-refractivity contribution in [3.63, 3.8) is 0 Å². The number of benzene rings is 2. The third-order valence-corrected chi connectivity index (χ3v) is 7.61. The molecular weight excluding hydrogens is 458 g/mol. The van der Waals surface area contributed by atoms with Gasteiger partial charge in [-0.1, -0.05) is 17.7 Å². The SMILES string of the molecule is O=C(Nc1cccc(C(=O)NC2CC2)c1)c1ccc(NS(=O)(=O)c2ccc(Cl)s2)cc1. The van der Waals surface area contributed by atoms with Gasteiger partial charge >= 0.3 is 0 Å². The van der Waals surface area contributed by atoms with Gasteiger partial charge in [0.1, 0.15) is 4.21 Å². The summed E-state index contributed by atoms with van der Waals surface area (Å²) in [6.45, 7) is 0. The highest BCUT2D eigenvalue weighted by Gasteiger charge is 2.24. The number of halogens is 1. The topological polar surface area (TPSA) is 104 Å². The van der Waals surface area contributed by atoms with E-state index in [2.05, 4.69) is 15.4 Å². The highest BCUT2D eigenvalue weighted by atomic mass is 35.5. The second kappa shape index (κ2) is 8.70. The molecule has 3 N–H and O–H groups in total. The second-order valence-electron chi connectivity index (χ2n) is 7.02. The molecule has 1 heterocycles. The first-order valence-electron chi connectivity index (χ1n) is 9.41. The van der Waals surface area contributed by atoms with Crippen molar-refractivity contribution in [2.75, 3.05) is 10.0 Å². The highest BCUT2D eigenvalue weighted by molar-refractivity contribution is 7.94. The molecular formula is C21H18ClN3O4S2. The fourth-order valence-corrected chi connectivity index (χ4v) is 5.32. The number of amides is 2. The summed E-state index contributed by atoms with van der Waals surface area (Å²) in [4.78, 5) is 24.7. The Morgan fingerprint density at radius 3 is 2.29 bits per heavy atom. The summed E-state index contributed by atoms with van der Waals surface area (Å²) >= 11 is 6.76. The number of nitrogens with one attached hydrogen (secondary N) is 3. The van der Waals surface area contributed by atoms with Gasteiger partial charge < -0.3 is 10.6 Å². The van der Waals surface area contributed by atoms with Gasteiger partial charge in [0.2, 0.25) is 0 Å². The van der Waals surface area contributed by atoms with E-state index in [1.54, 1.807) is 24.3 Å². The molecule has 1 aliphatic rings. The average molecular weight is 476 g/mol. The molecule has 1 aliphatic carbocycles. The maximum absolute atomic E-state index is 12.5. The van der Waals surface area contributed by atoms with Gasteiger partial charge in [0.25, 0.3) is 21.8 Å². The lowest BCUT2D eigenvalue weighted by Gasteiger charge is -2.09. The number of carbonyl (C=O) groups is 2. The monoisotopic (exact) mass is 475 g/mol. The molecule has 7 nitrogen and oxygen atoms in total. The van der Waals surface area contributed by atoms with Crippen LogP contribution in [0.3, 0.4) is 0 Å². The number of anilines is 2. The van der Waals surface area contributed by atoms with E-state index in [1.807, 2.05) is 0 Å². The van der Waals surface area contributed by atoms with Crippen LogP contribution >= 0.6 is 22.9 Å². The van der Waals surface area contributed by atoms with Crippen molar-refractivity contribution in [3.8, 4) is 0 Å². The van der Waals surface area contributed by atoms with E-state index in [1.165, 1.54) is 36.4 Å². The van der Waals surface area contributed by atoms with Gasteiger partial charge in [-0.15, -0.1) is 11.3 Å². The Hall–Kier alpha value is -2.88. The van der Waals surface area contributed by atoms with Gasteiger partial charge in [0, 0.05) is 28.5 Å². The predicted molar refractivity (Wildman–Crippen MR) is 121 cm³/mol. The number of hydrogen-bond donors (Lipinski definition) is 3. The van der Waals surface area contributed by atoms with Crippen LogP contribution in [0.2, 0.25) is 4.34 Å². The van der Waals surface area contributed by atoms with Gasteiger partial charge in [0.15, 0.2) is 0 Å². The molecule has 1 aromatic heterocycles. The van der Waals surface area contributed by atoms with Crippen LogP contribution < -0.4 is 15.4 Å². The number of thiophene rings is 1. The zero-order valence-corrected chi connectivity index (χ0v) is 18.5. The van der Waals surface area contributed by atoms with Crippen molar-refractivity contribution < 1.29 is 18.0 Å². The van der Waals surface area contributed by atoms with Crippen molar-refractivity contribution in [3.05, 3.63) is 76.1 Å². The molecule has 0 bridgehead atoms. The largest absolute Gasteiger partial charge is 0.349 e. The molecule has 10 heteroatoms. The summed E-state index contributed by atoms with van der Waals surface area (Å²) in [7, 11) is -3.75. The number of sulfonamides is 1. The van der Waals surface area contributed by atoms with Crippen molar-refractivity contribution in [2.45, 2.75) is 23.1 Å². The fraction of sp³-hybridized carbons (Fsp3) is 0.143. The maximum atomic E-state index is 12.5. The molecule has 3 aromatic rings. The maximum Gasteiger partial charge on any atom is 0.271 e. The van der Waals surface area contributed by atoms with Crippen LogP contribution in [-0.2, 0) is 10.0 Å². The van der Waals surface area contributed by atoms with E-state index in [4.69, 9.17) is 11.6 Å². The van der Waals surface area contributed by atoms with Gasteiger partial charge in [-0.3, -0.25) is 14.3 Å². The Kier molecular flexibility index (Phi) is 5.99. The molecule has 1 fully saturated rings. The van der Waals surface area contributed by atoms with E-state index in [9.17, 15) is 18.0 Å². The number of hydrogen-bond acceptors (Lipinski definition) is 5. The van der Waals surface area contributed by atoms with E-state index in [-0.39, 0.29) is 22.1 Å². The summed E-state index contributed by atoms with van der Waals surface area (Å²) in [5.41, 5.74) is 1.63. The molecule has 0 radical (unpaired) electrons. The molecule has 0 spiro atoms. The molecule has 0 saturated heterocycles. The molecule has 1 saturated carbocycles. The predicted octanol–water partition coefficient (Wildman–Crippen LogP) is 4.35. The van der Waals surface area contributed by atoms with Crippen molar-refractivity contribution in [1.82, 2.24) is 5.32 Å². The minimum absolute atomic E-state index is 0.102. The summed E-state index contributed by atoms with van der Waals surface area (Å²) in [5.74, 6) is -0.540. The lowest BCUT2D eigenvalue weighted by atomic mass is 10.1. The molecule has 2 amide bonds.